The molecule has 1 fully saturated rings. The largest absolute Gasteiger partial charge is 0.426 e. The molecule has 0 unspecified atom stereocenters. The summed E-state index contributed by atoms with van der Waals surface area (Å²) in [7, 11) is 0. The molecule has 0 radical (unpaired) electrons. The topological polar surface area (TPSA) is 46.6 Å². The third kappa shape index (κ3) is 5.09. The number of alkyl halides is 3. The van der Waals surface area contributed by atoms with Gasteiger partial charge in [0.15, 0.2) is 0 Å². The van der Waals surface area contributed by atoms with Crippen molar-refractivity contribution in [1.82, 2.24) is 4.90 Å². The van der Waals surface area contributed by atoms with Gasteiger partial charge in [0.1, 0.15) is 5.75 Å². The van der Waals surface area contributed by atoms with Gasteiger partial charge in [0, 0.05) is 23.7 Å². The monoisotopic (exact) mass is 425 g/mol. The Morgan fingerprint density at radius 1 is 1.07 bits per heavy atom. The molecule has 2 aromatic rings. The number of hydrogen-bond donors (Lipinski definition) is 0. The predicted molar refractivity (Wildman–Crippen MR) is 102 cm³/mol. The van der Waals surface area contributed by atoms with Crippen molar-refractivity contribution in [2.45, 2.75) is 25.9 Å². The summed E-state index contributed by atoms with van der Waals surface area (Å²) in [6, 6.07) is 9.12. The molecular weight excluding hydrogens is 407 g/mol. The minimum absolute atomic E-state index is 0.191. The van der Waals surface area contributed by atoms with Crippen LogP contribution in [0.4, 0.5) is 13.2 Å². The molecule has 1 saturated heterocycles. The fraction of sp³-hybridized carbons (Fsp3) is 0.333. The number of esters is 1. The molecule has 1 amide bonds. The Bertz CT molecular complexity index is 904. The van der Waals surface area contributed by atoms with Crippen LogP contribution < -0.4 is 4.74 Å². The van der Waals surface area contributed by atoms with Crippen LogP contribution in [0.3, 0.4) is 0 Å². The average molecular weight is 426 g/mol. The first-order valence-corrected chi connectivity index (χ1v) is 9.47. The van der Waals surface area contributed by atoms with Gasteiger partial charge >= 0.3 is 12.1 Å². The van der Waals surface area contributed by atoms with Crippen molar-refractivity contribution in [3.63, 3.8) is 0 Å². The van der Waals surface area contributed by atoms with E-state index in [0.717, 1.165) is 17.7 Å². The molecule has 0 bridgehead atoms. The molecule has 0 N–H and O–H groups in total. The minimum Gasteiger partial charge on any atom is -0.426 e. The number of nitrogens with zero attached hydrogens (tertiary/aromatic N) is 1. The summed E-state index contributed by atoms with van der Waals surface area (Å²) < 4.78 is 43.4. The Labute approximate surface area is 171 Å². The van der Waals surface area contributed by atoms with E-state index in [2.05, 4.69) is 0 Å². The second-order valence-corrected chi connectivity index (χ2v) is 7.41. The van der Waals surface area contributed by atoms with Gasteiger partial charge in [0.05, 0.1) is 11.5 Å². The van der Waals surface area contributed by atoms with E-state index in [0.29, 0.717) is 36.7 Å². The summed E-state index contributed by atoms with van der Waals surface area (Å²) >= 11 is 5.90. The van der Waals surface area contributed by atoms with Crippen molar-refractivity contribution in [3.8, 4) is 5.75 Å². The highest BCUT2D eigenvalue weighted by Crippen LogP contribution is 2.30. The van der Waals surface area contributed by atoms with Gasteiger partial charge in [-0.15, -0.1) is 0 Å². The summed E-state index contributed by atoms with van der Waals surface area (Å²) in [5, 5.41) is 0.553. The first-order valence-electron chi connectivity index (χ1n) is 9.09. The molecule has 4 nitrogen and oxygen atoms in total. The Morgan fingerprint density at radius 2 is 1.69 bits per heavy atom. The number of aryl methyl sites for hydroxylation is 1. The van der Waals surface area contributed by atoms with Gasteiger partial charge < -0.3 is 9.64 Å². The number of carbonyl (C=O) groups excluding carboxylic acids is 2. The zero-order valence-corrected chi connectivity index (χ0v) is 16.4. The van der Waals surface area contributed by atoms with Gasteiger partial charge in [-0.3, -0.25) is 9.59 Å². The van der Waals surface area contributed by atoms with E-state index in [-0.39, 0.29) is 23.4 Å². The number of amides is 1. The van der Waals surface area contributed by atoms with Crippen molar-refractivity contribution in [2.75, 3.05) is 13.1 Å². The van der Waals surface area contributed by atoms with Crippen molar-refractivity contribution >= 4 is 23.5 Å². The van der Waals surface area contributed by atoms with Gasteiger partial charge in [-0.25, -0.2) is 0 Å². The smallest absolute Gasteiger partial charge is 0.416 e. The van der Waals surface area contributed by atoms with Crippen LogP contribution in [-0.4, -0.2) is 29.9 Å². The van der Waals surface area contributed by atoms with Crippen LogP contribution in [0, 0.1) is 12.8 Å². The molecule has 0 atom stereocenters. The molecule has 1 aliphatic heterocycles. The van der Waals surface area contributed by atoms with Crippen molar-refractivity contribution in [2.24, 2.45) is 5.92 Å². The Kier molecular flexibility index (Phi) is 6.17. The van der Waals surface area contributed by atoms with Crippen LogP contribution in [0.15, 0.2) is 42.5 Å². The molecule has 0 aromatic heterocycles. The zero-order valence-electron chi connectivity index (χ0n) is 15.6. The maximum atomic E-state index is 12.6. The average Bonchev–Trinajstić information content (AvgIpc) is 2.69. The van der Waals surface area contributed by atoms with E-state index in [4.69, 9.17) is 16.3 Å². The van der Waals surface area contributed by atoms with E-state index in [1.807, 2.05) is 0 Å². The molecular formula is C21H19ClF3NO3. The lowest BCUT2D eigenvalue weighted by Crippen LogP contribution is -2.41. The van der Waals surface area contributed by atoms with Gasteiger partial charge in [0.2, 0.25) is 0 Å². The lowest BCUT2D eigenvalue weighted by molar-refractivity contribution is -0.140. The third-order valence-corrected chi connectivity index (χ3v) is 5.16. The summed E-state index contributed by atoms with van der Waals surface area (Å²) in [5.74, 6) is -0.611. The molecule has 0 saturated carbocycles. The first-order chi connectivity index (χ1) is 13.6. The highest BCUT2D eigenvalue weighted by atomic mass is 35.5. The fourth-order valence-electron chi connectivity index (χ4n) is 3.22. The van der Waals surface area contributed by atoms with Gasteiger partial charge in [-0.05, 0) is 67.8 Å². The number of likely N-dealkylation sites (tertiary alicyclic amines) is 1. The van der Waals surface area contributed by atoms with E-state index in [1.165, 1.54) is 12.1 Å². The molecule has 0 aliphatic carbocycles. The molecule has 3 rings (SSSR count). The summed E-state index contributed by atoms with van der Waals surface area (Å²) in [4.78, 5) is 26.5. The lowest BCUT2D eigenvalue weighted by atomic mass is 9.96. The van der Waals surface area contributed by atoms with Gasteiger partial charge in [0.25, 0.3) is 5.91 Å². The number of halogens is 4. The molecule has 0 spiro atoms. The number of benzene rings is 2. The SMILES string of the molecule is Cc1cc(Cl)ccc1OC(=O)C1CCN(C(=O)c2ccc(C(F)(F)F)cc2)CC1. The second-order valence-electron chi connectivity index (χ2n) is 6.97. The van der Waals surface area contributed by atoms with E-state index < -0.39 is 11.7 Å². The van der Waals surface area contributed by atoms with Crippen LogP contribution >= 0.6 is 11.6 Å². The van der Waals surface area contributed by atoms with E-state index in [1.54, 1.807) is 30.0 Å². The first kappa shape index (κ1) is 21.2. The van der Waals surface area contributed by atoms with Crippen LogP contribution in [0.1, 0.15) is 34.3 Å². The van der Waals surface area contributed by atoms with Gasteiger partial charge in [-0.1, -0.05) is 11.6 Å². The number of ether oxygens (including phenoxy) is 1. The highest BCUT2D eigenvalue weighted by Gasteiger charge is 2.32. The van der Waals surface area contributed by atoms with Crippen LogP contribution in [-0.2, 0) is 11.0 Å². The summed E-state index contributed by atoms with van der Waals surface area (Å²) in [6.45, 7) is 2.46. The second kappa shape index (κ2) is 8.45. The molecule has 154 valence electrons. The van der Waals surface area contributed by atoms with E-state index in [9.17, 15) is 22.8 Å². The van der Waals surface area contributed by atoms with Crippen molar-refractivity contribution in [3.05, 3.63) is 64.2 Å². The number of carbonyl (C=O) groups is 2. The van der Waals surface area contributed by atoms with Gasteiger partial charge in [-0.2, -0.15) is 13.2 Å². The van der Waals surface area contributed by atoms with Crippen LogP contribution in [0.2, 0.25) is 5.02 Å². The quantitative estimate of drug-likeness (QED) is 0.506. The lowest BCUT2D eigenvalue weighted by Gasteiger charge is -2.31. The van der Waals surface area contributed by atoms with Crippen molar-refractivity contribution in [1.29, 1.82) is 0 Å². The minimum atomic E-state index is -4.44. The molecule has 2 aromatic carbocycles. The van der Waals surface area contributed by atoms with Crippen LogP contribution in [0.5, 0.6) is 5.75 Å². The summed E-state index contributed by atoms with van der Waals surface area (Å²) in [6.07, 6.45) is -3.58. The van der Waals surface area contributed by atoms with Crippen molar-refractivity contribution < 1.29 is 27.5 Å². The highest BCUT2D eigenvalue weighted by molar-refractivity contribution is 6.30. The number of rotatable bonds is 3. The third-order valence-electron chi connectivity index (χ3n) is 4.92. The Balaban J connectivity index is 1.57. The predicted octanol–water partition coefficient (Wildman–Crippen LogP) is 5.13. The molecule has 29 heavy (non-hydrogen) atoms. The maximum absolute atomic E-state index is 12.6. The Morgan fingerprint density at radius 3 is 2.24 bits per heavy atom. The molecule has 1 heterocycles. The molecule has 8 heteroatoms. The maximum Gasteiger partial charge on any atom is 0.416 e. The number of hydrogen-bond acceptors (Lipinski definition) is 3. The number of piperidine rings is 1. The Hall–Kier alpha value is -2.54. The molecule has 1 aliphatic rings. The standard InChI is InChI=1S/C21H19ClF3NO3/c1-13-12-17(22)6-7-18(13)29-20(28)15-8-10-26(11-9-15)19(27)14-2-4-16(5-3-14)21(23,24)25/h2-7,12,15H,8-11H2,1H3. The normalized spacial score (nSPS) is 15.3. The van der Waals surface area contributed by atoms with Crippen LogP contribution in [0.25, 0.3) is 0 Å². The summed E-state index contributed by atoms with van der Waals surface area (Å²) in [5.41, 5.74) is 0.143. The van der Waals surface area contributed by atoms with E-state index >= 15 is 0 Å². The fourth-order valence-corrected chi connectivity index (χ4v) is 3.45. The zero-order chi connectivity index (χ0) is 21.2.